The summed E-state index contributed by atoms with van der Waals surface area (Å²) in [5.41, 5.74) is 0.507. The van der Waals surface area contributed by atoms with Gasteiger partial charge in [-0.1, -0.05) is 18.5 Å². The van der Waals surface area contributed by atoms with Crippen LogP contribution in [0.25, 0.3) is 0 Å². The number of carbonyl (C=O) groups is 2. The normalized spacial score (nSPS) is 10.7. The predicted molar refractivity (Wildman–Crippen MR) is 92.0 cm³/mol. The summed E-state index contributed by atoms with van der Waals surface area (Å²) < 4.78 is 5.19. The third-order valence-electron chi connectivity index (χ3n) is 3.07. The summed E-state index contributed by atoms with van der Waals surface area (Å²) in [5, 5.41) is 6.07. The average molecular weight is 342 g/mol. The highest BCUT2D eigenvalue weighted by molar-refractivity contribution is 6.31. The van der Waals surface area contributed by atoms with Crippen molar-refractivity contribution in [3.05, 3.63) is 23.2 Å². The summed E-state index contributed by atoms with van der Waals surface area (Å²) in [5.74, 6) is 0.197. The second-order valence-corrected chi connectivity index (χ2v) is 5.85. The smallest absolute Gasteiger partial charge is 0.238 e. The number of hydrogen-bond donors (Lipinski definition) is 2. The Morgan fingerprint density at radius 3 is 2.48 bits per heavy atom. The van der Waals surface area contributed by atoms with Crippen LogP contribution in [0.4, 0.5) is 5.69 Å². The van der Waals surface area contributed by atoms with Gasteiger partial charge in [-0.25, -0.2) is 0 Å². The molecule has 0 saturated carbocycles. The Hall–Kier alpha value is -1.79. The van der Waals surface area contributed by atoms with Gasteiger partial charge in [-0.05, 0) is 38.6 Å². The van der Waals surface area contributed by atoms with Crippen molar-refractivity contribution in [2.24, 2.45) is 0 Å². The van der Waals surface area contributed by atoms with Gasteiger partial charge in [0.25, 0.3) is 0 Å². The highest BCUT2D eigenvalue weighted by Gasteiger charge is 2.15. The third kappa shape index (κ3) is 6.88. The Bertz CT molecular complexity index is 549. The number of nitrogens with zero attached hydrogens (tertiary/aromatic N) is 1. The maximum atomic E-state index is 12.2. The van der Waals surface area contributed by atoms with Crippen LogP contribution < -0.4 is 15.4 Å². The molecule has 6 nitrogen and oxygen atoms in total. The number of amides is 2. The minimum absolute atomic E-state index is 0.0748. The largest absolute Gasteiger partial charge is 0.495 e. The Kier molecular flexibility index (Phi) is 7.85. The number of hydrogen-bond acceptors (Lipinski definition) is 4. The molecule has 0 aliphatic rings. The molecule has 128 valence electrons. The number of ether oxygens (including phenoxy) is 1. The Labute approximate surface area is 142 Å². The molecule has 0 aliphatic carbocycles. The topological polar surface area (TPSA) is 70.7 Å². The van der Waals surface area contributed by atoms with Crippen molar-refractivity contribution in [2.75, 3.05) is 32.1 Å². The minimum atomic E-state index is -0.232. The minimum Gasteiger partial charge on any atom is -0.495 e. The van der Waals surface area contributed by atoms with E-state index >= 15 is 0 Å². The molecule has 7 heteroatoms. The number of rotatable bonds is 8. The highest BCUT2D eigenvalue weighted by Crippen LogP contribution is 2.27. The monoisotopic (exact) mass is 341 g/mol. The Morgan fingerprint density at radius 2 is 1.91 bits per heavy atom. The van der Waals surface area contributed by atoms with Gasteiger partial charge in [0.05, 0.1) is 25.9 Å². The van der Waals surface area contributed by atoms with E-state index in [0.717, 1.165) is 0 Å². The fourth-order valence-electron chi connectivity index (χ4n) is 2.02. The summed E-state index contributed by atoms with van der Waals surface area (Å²) in [6, 6.07) is 5.07. The first kappa shape index (κ1) is 19.3. The van der Waals surface area contributed by atoms with E-state index in [-0.39, 0.29) is 30.9 Å². The first-order valence-electron chi connectivity index (χ1n) is 7.50. The van der Waals surface area contributed by atoms with E-state index in [4.69, 9.17) is 16.3 Å². The molecule has 0 unspecified atom stereocenters. The second-order valence-electron chi connectivity index (χ2n) is 5.42. The van der Waals surface area contributed by atoms with Crippen LogP contribution in [0.15, 0.2) is 18.2 Å². The molecule has 1 aromatic rings. The molecule has 1 aromatic carbocycles. The first-order chi connectivity index (χ1) is 10.8. The zero-order chi connectivity index (χ0) is 17.4. The molecule has 0 aliphatic heterocycles. The van der Waals surface area contributed by atoms with E-state index < -0.39 is 0 Å². The van der Waals surface area contributed by atoms with Crippen molar-refractivity contribution in [1.29, 1.82) is 0 Å². The molecule has 0 spiro atoms. The summed E-state index contributed by atoms with van der Waals surface area (Å²) in [4.78, 5) is 25.7. The number of anilines is 1. The van der Waals surface area contributed by atoms with Crippen LogP contribution in [-0.4, -0.2) is 49.5 Å². The summed E-state index contributed by atoms with van der Waals surface area (Å²) >= 11 is 5.94. The molecule has 0 heterocycles. The molecule has 2 N–H and O–H groups in total. The van der Waals surface area contributed by atoms with E-state index in [1.54, 1.807) is 23.1 Å². The van der Waals surface area contributed by atoms with Crippen LogP contribution in [-0.2, 0) is 9.59 Å². The van der Waals surface area contributed by atoms with Gasteiger partial charge in [-0.15, -0.1) is 0 Å². The second kappa shape index (κ2) is 9.37. The van der Waals surface area contributed by atoms with Crippen molar-refractivity contribution in [3.63, 3.8) is 0 Å². The zero-order valence-corrected chi connectivity index (χ0v) is 14.7. The van der Waals surface area contributed by atoms with Crippen molar-refractivity contribution in [3.8, 4) is 5.75 Å². The fourth-order valence-corrected chi connectivity index (χ4v) is 2.19. The molecule has 0 fully saturated rings. The standard InChI is InChI=1S/C16H24ClN3O3/c1-5-20(9-15(21)18-11(2)3)10-16(22)19-13-8-12(17)6-7-14(13)23-4/h6-8,11H,5,9-10H2,1-4H3,(H,18,21)(H,19,22). The molecular formula is C16H24ClN3O3. The van der Waals surface area contributed by atoms with Gasteiger partial charge in [0, 0.05) is 11.1 Å². The third-order valence-corrected chi connectivity index (χ3v) is 3.30. The molecule has 23 heavy (non-hydrogen) atoms. The van der Waals surface area contributed by atoms with E-state index in [1.807, 2.05) is 20.8 Å². The molecule has 0 saturated heterocycles. The van der Waals surface area contributed by atoms with Gasteiger partial charge < -0.3 is 15.4 Å². The molecule has 0 radical (unpaired) electrons. The van der Waals surface area contributed by atoms with E-state index in [0.29, 0.717) is 23.0 Å². The molecule has 0 atom stereocenters. The van der Waals surface area contributed by atoms with Gasteiger partial charge in [-0.3, -0.25) is 14.5 Å². The quantitative estimate of drug-likeness (QED) is 0.760. The van der Waals surface area contributed by atoms with Crippen molar-refractivity contribution < 1.29 is 14.3 Å². The lowest BCUT2D eigenvalue weighted by molar-refractivity contribution is -0.123. The fraction of sp³-hybridized carbons (Fsp3) is 0.500. The molecule has 2 amide bonds. The van der Waals surface area contributed by atoms with E-state index in [1.165, 1.54) is 7.11 Å². The predicted octanol–water partition coefficient (Wildman–Crippen LogP) is 2.13. The zero-order valence-electron chi connectivity index (χ0n) is 14.0. The molecule has 0 aromatic heterocycles. The lowest BCUT2D eigenvalue weighted by Crippen LogP contribution is -2.42. The number of carbonyl (C=O) groups excluding carboxylic acids is 2. The molecular weight excluding hydrogens is 318 g/mol. The van der Waals surface area contributed by atoms with E-state index in [9.17, 15) is 9.59 Å². The maximum absolute atomic E-state index is 12.2. The van der Waals surface area contributed by atoms with Gasteiger partial charge >= 0.3 is 0 Å². The van der Waals surface area contributed by atoms with Gasteiger partial charge in [0.1, 0.15) is 5.75 Å². The SMILES string of the molecule is CCN(CC(=O)Nc1cc(Cl)ccc1OC)CC(=O)NC(C)C. The van der Waals surface area contributed by atoms with Gasteiger partial charge in [0.2, 0.25) is 11.8 Å². The number of halogens is 1. The molecule has 1 rings (SSSR count). The van der Waals surface area contributed by atoms with Gasteiger partial charge in [0.15, 0.2) is 0 Å². The summed E-state index contributed by atoms with van der Waals surface area (Å²) in [6.07, 6.45) is 0. The number of nitrogens with one attached hydrogen (secondary N) is 2. The summed E-state index contributed by atoms with van der Waals surface area (Å²) in [6.45, 7) is 6.56. The molecule has 0 bridgehead atoms. The number of methoxy groups -OCH3 is 1. The van der Waals surface area contributed by atoms with Crippen LogP contribution in [0.2, 0.25) is 5.02 Å². The van der Waals surface area contributed by atoms with Crippen LogP contribution in [0.1, 0.15) is 20.8 Å². The Morgan fingerprint density at radius 1 is 1.26 bits per heavy atom. The van der Waals surface area contributed by atoms with Crippen LogP contribution in [0.3, 0.4) is 0 Å². The maximum Gasteiger partial charge on any atom is 0.238 e. The lowest BCUT2D eigenvalue weighted by Gasteiger charge is -2.20. The van der Waals surface area contributed by atoms with Crippen molar-refractivity contribution >= 4 is 29.1 Å². The summed E-state index contributed by atoms with van der Waals surface area (Å²) in [7, 11) is 1.52. The van der Waals surface area contributed by atoms with Crippen LogP contribution >= 0.6 is 11.6 Å². The lowest BCUT2D eigenvalue weighted by atomic mass is 10.3. The average Bonchev–Trinajstić information content (AvgIpc) is 2.45. The van der Waals surface area contributed by atoms with Crippen molar-refractivity contribution in [2.45, 2.75) is 26.8 Å². The van der Waals surface area contributed by atoms with E-state index in [2.05, 4.69) is 10.6 Å². The number of likely N-dealkylation sites (N-methyl/N-ethyl adjacent to an activating group) is 1. The number of benzene rings is 1. The highest BCUT2D eigenvalue weighted by atomic mass is 35.5. The van der Waals surface area contributed by atoms with Gasteiger partial charge in [-0.2, -0.15) is 0 Å². The van der Waals surface area contributed by atoms with Crippen LogP contribution in [0.5, 0.6) is 5.75 Å². The first-order valence-corrected chi connectivity index (χ1v) is 7.88. The van der Waals surface area contributed by atoms with Crippen LogP contribution in [0, 0.1) is 0 Å². The van der Waals surface area contributed by atoms with Crippen molar-refractivity contribution in [1.82, 2.24) is 10.2 Å². The Balaban J connectivity index is 2.63.